The summed E-state index contributed by atoms with van der Waals surface area (Å²) in [6, 6.07) is 13.6. The summed E-state index contributed by atoms with van der Waals surface area (Å²) in [4.78, 5) is 11.4. The molecule has 0 saturated carbocycles. The van der Waals surface area contributed by atoms with Crippen LogP contribution in [0.5, 0.6) is 5.75 Å². The van der Waals surface area contributed by atoms with E-state index in [4.69, 9.17) is 4.74 Å². The van der Waals surface area contributed by atoms with Crippen molar-refractivity contribution in [1.29, 1.82) is 0 Å². The molecule has 6 heteroatoms. The number of hydrogen-bond acceptors (Lipinski definition) is 4. The number of rotatable bonds is 5. The third-order valence-corrected chi connectivity index (χ3v) is 5.23. The maximum absolute atomic E-state index is 12.3. The standard InChI is InChI=1S/C17H17NO4S/c1-12(19)13-6-8-16(9-7-13)23(20,21)18-11-15-10-14-4-2-3-5-17(14)22-15/h2-9,15,18H,10-11H2,1H3. The quantitative estimate of drug-likeness (QED) is 0.852. The van der Waals surface area contributed by atoms with E-state index in [1.165, 1.54) is 31.2 Å². The molecule has 0 saturated heterocycles. The molecule has 23 heavy (non-hydrogen) atoms. The summed E-state index contributed by atoms with van der Waals surface area (Å²) in [5.41, 5.74) is 1.57. The summed E-state index contributed by atoms with van der Waals surface area (Å²) in [7, 11) is -3.62. The normalized spacial score (nSPS) is 16.7. The second-order valence-electron chi connectivity index (χ2n) is 5.48. The largest absolute Gasteiger partial charge is 0.488 e. The monoisotopic (exact) mass is 331 g/mol. The number of nitrogens with one attached hydrogen (secondary N) is 1. The van der Waals surface area contributed by atoms with Gasteiger partial charge in [0.1, 0.15) is 11.9 Å². The average molecular weight is 331 g/mol. The molecule has 1 atom stereocenters. The first kappa shape index (κ1) is 15.7. The smallest absolute Gasteiger partial charge is 0.240 e. The number of ketones is 1. The first-order valence-corrected chi connectivity index (χ1v) is 8.79. The number of Topliss-reactive ketones (excluding diaryl/α,β-unsaturated/α-hetero) is 1. The number of benzene rings is 2. The van der Waals surface area contributed by atoms with E-state index in [1.54, 1.807) is 0 Å². The molecule has 2 aromatic rings. The van der Waals surface area contributed by atoms with E-state index in [9.17, 15) is 13.2 Å². The Kier molecular flexibility index (Phi) is 4.19. The number of ether oxygens (including phenoxy) is 1. The maximum Gasteiger partial charge on any atom is 0.240 e. The van der Waals surface area contributed by atoms with Crippen LogP contribution in [-0.4, -0.2) is 26.8 Å². The van der Waals surface area contributed by atoms with E-state index in [-0.39, 0.29) is 23.3 Å². The van der Waals surface area contributed by atoms with Gasteiger partial charge in [-0.05, 0) is 30.7 Å². The topological polar surface area (TPSA) is 72.5 Å². The number of sulfonamides is 1. The van der Waals surface area contributed by atoms with Gasteiger partial charge in [-0.1, -0.05) is 30.3 Å². The maximum atomic E-state index is 12.3. The van der Waals surface area contributed by atoms with Gasteiger partial charge in [0.15, 0.2) is 5.78 Å². The van der Waals surface area contributed by atoms with Crippen molar-refractivity contribution >= 4 is 15.8 Å². The molecule has 0 aliphatic carbocycles. The molecule has 1 N–H and O–H groups in total. The Morgan fingerprint density at radius 1 is 1.17 bits per heavy atom. The van der Waals surface area contributed by atoms with Crippen molar-refractivity contribution in [2.75, 3.05) is 6.54 Å². The third-order valence-electron chi connectivity index (χ3n) is 3.79. The van der Waals surface area contributed by atoms with Crippen LogP contribution in [0, 0.1) is 0 Å². The van der Waals surface area contributed by atoms with Crippen LogP contribution in [0.25, 0.3) is 0 Å². The highest BCUT2D eigenvalue weighted by molar-refractivity contribution is 7.89. The predicted molar refractivity (Wildman–Crippen MR) is 86.2 cm³/mol. The van der Waals surface area contributed by atoms with E-state index in [1.807, 2.05) is 24.3 Å². The number of fused-ring (bicyclic) bond motifs is 1. The number of carbonyl (C=O) groups excluding carboxylic acids is 1. The molecular formula is C17H17NO4S. The van der Waals surface area contributed by atoms with Crippen LogP contribution in [-0.2, 0) is 16.4 Å². The first-order chi connectivity index (χ1) is 11.0. The molecular weight excluding hydrogens is 314 g/mol. The van der Waals surface area contributed by atoms with Crippen molar-refractivity contribution in [2.24, 2.45) is 0 Å². The fourth-order valence-electron chi connectivity index (χ4n) is 2.52. The Balaban J connectivity index is 1.65. The minimum atomic E-state index is -3.62. The summed E-state index contributed by atoms with van der Waals surface area (Å²) >= 11 is 0. The van der Waals surface area contributed by atoms with Crippen LogP contribution < -0.4 is 9.46 Å². The molecule has 2 aromatic carbocycles. The van der Waals surface area contributed by atoms with Gasteiger partial charge in [-0.15, -0.1) is 0 Å². The zero-order valence-electron chi connectivity index (χ0n) is 12.7. The molecule has 0 radical (unpaired) electrons. The lowest BCUT2D eigenvalue weighted by atomic mass is 10.1. The van der Waals surface area contributed by atoms with Crippen LogP contribution in [0.4, 0.5) is 0 Å². The van der Waals surface area contributed by atoms with Gasteiger partial charge < -0.3 is 4.74 Å². The summed E-state index contributed by atoms with van der Waals surface area (Å²) in [6.45, 7) is 1.64. The molecule has 3 rings (SSSR count). The van der Waals surface area contributed by atoms with Gasteiger partial charge in [-0.25, -0.2) is 13.1 Å². The van der Waals surface area contributed by atoms with Gasteiger partial charge in [-0.2, -0.15) is 0 Å². The van der Waals surface area contributed by atoms with Crippen molar-refractivity contribution < 1.29 is 17.9 Å². The van der Waals surface area contributed by atoms with Crippen molar-refractivity contribution in [2.45, 2.75) is 24.3 Å². The van der Waals surface area contributed by atoms with E-state index in [2.05, 4.69) is 4.72 Å². The first-order valence-electron chi connectivity index (χ1n) is 7.31. The second kappa shape index (κ2) is 6.14. The van der Waals surface area contributed by atoms with E-state index < -0.39 is 10.0 Å². The van der Waals surface area contributed by atoms with Crippen LogP contribution in [0.1, 0.15) is 22.8 Å². The molecule has 120 valence electrons. The number of carbonyl (C=O) groups is 1. The molecule has 0 aromatic heterocycles. The minimum Gasteiger partial charge on any atom is -0.488 e. The summed E-state index contributed by atoms with van der Waals surface area (Å²) < 4.78 is 32.9. The highest BCUT2D eigenvalue weighted by Crippen LogP contribution is 2.27. The van der Waals surface area contributed by atoms with Crippen LogP contribution in [0.2, 0.25) is 0 Å². The van der Waals surface area contributed by atoms with Gasteiger partial charge in [0.25, 0.3) is 0 Å². The molecule has 1 aliphatic rings. The number of para-hydroxylation sites is 1. The predicted octanol–water partition coefficient (Wildman–Crippen LogP) is 2.17. The SMILES string of the molecule is CC(=O)c1ccc(S(=O)(=O)NCC2Cc3ccccc3O2)cc1. The Morgan fingerprint density at radius 2 is 1.87 bits per heavy atom. The fraction of sp³-hybridized carbons (Fsp3) is 0.235. The van der Waals surface area contributed by atoms with Crippen LogP contribution >= 0.6 is 0 Å². The Bertz CT molecular complexity index is 803. The van der Waals surface area contributed by atoms with E-state index >= 15 is 0 Å². The number of hydrogen-bond donors (Lipinski definition) is 1. The Labute approximate surface area is 135 Å². The highest BCUT2D eigenvalue weighted by atomic mass is 32.2. The lowest BCUT2D eigenvalue weighted by Crippen LogP contribution is -2.34. The molecule has 1 aliphatic heterocycles. The lowest BCUT2D eigenvalue weighted by molar-refractivity contribution is 0.101. The van der Waals surface area contributed by atoms with Crippen molar-refractivity contribution in [3.05, 3.63) is 59.7 Å². The highest BCUT2D eigenvalue weighted by Gasteiger charge is 2.24. The fourth-order valence-corrected chi connectivity index (χ4v) is 3.59. The van der Waals surface area contributed by atoms with Gasteiger partial charge in [0, 0.05) is 18.5 Å². The molecule has 0 bridgehead atoms. The molecule has 0 amide bonds. The van der Waals surface area contributed by atoms with Gasteiger partial charge >= 0.3 is 0 Å². The average Bonchev–Trinajstić information content (AvgIpc) is 2.96. The summed E-state index contributed by atoms with van der Waals surface area (Å²) in [5.74, 6) is 0.710. The zero-order chi connectivity index (χ0) is 16.4. The van der Waals surface area contributed by atoms with E-state index in [0.717, 1.165) is 11.3 Å². The van der Waals surface area contributed by atoms with Crippen LogP contribution in [0.3, 0.4) is 0 Å². The lowest BCUT2D eigenvalue weighted by Gasteiger charge is -2.12. The molecule has 1 heterocycles. The Hall–Kier alpha value is -2.18. The second-order valence-corrected chi connectivity index (χ2v) is 7.25. The van der Waals surface area contributed by atoms with Crippen molar-refractivity contribution in [3.8, 4) is 5.75 Å². The molecule has 0 fully saturated rings. The van der Waals surface area contributed by atoms with Gasteiger partial charge in [0.2, 0.25) is 10.0 Å². The molecule has 1 unspecified atom stereocenters. The minimum absolute atomic E-state index is 0.0981. The molecule has 0 spiro atoms. The summed E-state index contributed by atoms with van der Waals surface area (Å²) in [5, 5.41) is 0. The zero-order valence-corrected chi connectivity index (χ0v) is 13.5. The summed E-state index contributed by atoms with van der Waals surface area (Å²) in [6.07, 6.45) is 0.473. The Morgan fingerprint density at radius 3 is 2.52 bits per heavy atom. The van der Waals surface area contributed by atoms with Crippen molar-refractivity contribution in [3.63, 3.8) is 0 Å². The van der Waals surface area contributed by atoms with Gasteiger partial charge in [-0.3, -0.25) is 4.79 Å². The van der Waals surface area contributed by atoms with E-state index in [0.29, 0.717) is 12.0 Å². The third kappa shape index (κ3) is 3.43. The van der Waals surface area contributed by atoms with Crippen LogP contribution in [0.15, 0.2) is 53.4 Å². The van der Waals surface area contributed by atoms with Crippen molar-refractivity contribution in [1.82, 2.24) is 4.72 Å². The molecule has 5 nitrogen and oxygen atoms in total. The van der Waals surface area contributed by atoms with Gasteiger partial charge in [0.05, 0.1) is 4.90 Å².